The van der Waals surface area contributed by atoms with E-state index in [1.807, 2.05) is 102 Å². The molecule has 3 aromatic carbocycles. The summed E-state index contributed by atoms with van der Waals surface area (Å²) in [5, 5.41) is 8.89. The van der Waals surface area contributed by atoms with Gasteiger partial charge >= 0.3 is 0 Å². The van der Waals surface area contributed by atoms with Crippen LogP contribution in [-0.2, 0) is 6.42 Å². The molecule has 0 fully saturated rings. The Hall–Kier alpha value is -4.03. The third-order valence-corrected chi connectivity index (χ3v) is 6.67. The summed E-state index contributed by atoms with van der Waals surface area (Å²) in [5.41, 5.74) is 6.39. The highest BCUT2D eigenvalue weighted by atomic mass is 32.2. The Kier molecular flexibility index (Phi) is 6.31. The molecule has 0 saturated carbocycles. The van der Waals surface area contributed by atoms with Crippen LogP contribution in [0.4, 0.5) is 5.69 Å². The van der Waals surface area contributed by atoms with Gasteiger partial charge in [0, 0.05) is 47.0 Å². The van der Waals surface area contributed by atoms with Gasteiger partial charge in [-0.3, -0.25) is 9.59 Å². The average Bonchev–Trinajstić information content (AvgIpc) is 3.58. The summed E-state index contributed by atoms with van der Waals surface area (Å²) in [7, 11) is 0. The molecule has 1 atom stereocenters. The molecule has 4 aromatic rings. The molecule has 1 aliphatic heterocycles. The van der Waals surface area contributed by atoms with E-state index < -0.39 is 0 Å². The number of hydrogen-bond acceptors (Lipinski definition) is 4. The van der Waals surface area contributed by atoms with Crippen molar-refractivity contribution in [1.29, 1.82) is 0 Å². The number of thioether (sulfide) groups is 1. The predicted molar refractivity (Wildman–Crippen MR) is 138 cm³/mol. The number of anilines is 1. The zero-order valence-corrected chi connectivity index (χ0v) is 19.2. The van der Waals surface area contributed by atoms with Crippen molar-refractivity contribution in [2.75, 3.05) is 5.32 Å². The van der Waals surface area contributed by atoms with Crippen molar-refractivity contribution in [2.24, 2.45) is 0 Å². The van der Waals surface area contributed by atoms with E-state index in [9.17, 15) is 9.59 Å². The number of rotatable bonds is 7. The van der Waals surface area contributed by atoms with Crippen molar-refractivity contribution in [3.8, 4) is 5.69 Å². The van der Waals surface area contributed by atoms with Gasteiger partial charge in [-0.15, -0.1) is 11.8 Å². The number of nitrogens with zero attached hydrogens (tertiary/aromatic N) is 1. The Morgan fingerprint density at radius 3 is 2.32 bits per heavy atom. The van der Waals surface area contributed by atoms with Gasteiger partial charge in [0.2, 0.25) is 0 Å². The normalized spacial score (nSPS) is 14.8. The quantitative estimate of drug-likeness (QED) is 0.341. The lowest BCUT2D eigenvalue weighted by molar-refractivity contribution is 0.102. The van der Waals surface area contributed by atoms with Gasteiger partial charge in [-0.1, -0.05) is 36.4 Å². The van der Waals surface area contributed by atoms with Crippen molar-refractivity contribution in [3.05, 3.63) is 125 Å². The Balaban J connectivity index is 1.17. The predicted octanol–water partition coefficient (Wildman–Crippen LogP) is 5.75. The Bertz CT molecular complexity index is 1310. The smallest absolute Gasteiger partial charge is 0.255 e. The SMILES string of the molecule is O=Cc1ccc(CC2NC(c3ccc(NC(=O)c4ccc(-n5cccc5)cc4)cc3)=CS2)cc1. The number of benzene rings is 3. The molecule has 0 spiro atoms. The molecular formula is C28H23N3O2S. The van der Waals surface area contributed by atoms with Gasteiger partial charge in [-0.05, 0) is 65.1 Å². The lowest BCUT2D eigenvalue weighted by atomic mass is 10.1. The Labute approximate surface area is 202 Å². The van der Waals surface area contributed by atoms with E-state index in [4.69, 9.17) is 0 Å². The highest BCUT2D eigenvalue weighted by Crippen LogP contribution is 2.30. The molecule has 34 heavy (non-hydrogen) atoms. The molecule has 5 rings (SSSR count). The minimum absolute atomic E-state index is 0.138. The number of nitrogens with one attached hydrogen (secondary N) is 2. The highest BCUT2D eigenvalue weighted by molar-refractivity contribution is 8.03. The molecule has 0 saturated heterocycles. The van der Waals surface area contributed by atoms with Crippen LogP contribution in [0.3, 0.4) is 0 Å². The lowest BCUT2D eigenvalue weighted by Crippen LogP contribution is -2.22. The minimum Gasteiger partial charge on any atom is -0.372 e. The molecule has 168 valence electrons. The van der Waals surface area contributed by atoms with Crippen molar-refractivity contribution in [3.63, 3.8) is 0 Å². The number of carbonyl (C=O) groups excluding carboxylic acids is 2. The third-order valence-electron chi connectivity index (χ3n) is 5.69. The van der Waals surface area contributed by atoms with Gasteiger partial charge in [0.25, 0.3) is 5.91 Å². The number of aldehydes is 1. The van der Waals surface area contributed by atoms with Crippen molar-refractivity contribution < 1.29 is 9.59 Å². The van der Waals surface area contributed by atoms with E-state index in [0.717, 1.165) is 35.3 Å². The average molecular weight is 466 g/mol. The molecule has 1 aliphatic rings. The van der Waals surface area contributed by atoms with Crippen LogP contribution >= 0.6 is 11.8 Å². The number of amides is 1. The van der Waals surface area contributed by atoms with E-state index >= 15 is 0 Å². The Morgan fingerprint density at radius 2 is 1.65 bits per heavy atom. The van der Waals surface area contributed by atoms with E-state index in [0.29, 0.717) is 11.1 Å². The summed E-state index contributed by atoms with van der Waals surface area (Å²) in [6.45, 7) is 0. The molecule has 1 amide bonds. The van der Waals surface area contributed by atoms with E-state index in [1.54, 1.807) is 11.8 Å². The summed E-state index contributed by atoms with van der Waals surface area (Å²) in [5.74, 6) is -0.138. The van der Waals surface area contributed by atoms with Gasteiger partial charge in [-0.25, -0.2) is 0 Å². The second-order valence-corrected chi connectivity index (χ2v) is 9.11. The minimum atomic E-state index is -0.138. The molecule has 0 aliphatic carbocycles. The second kappa shape index (κ2) is 9.85. The first-order valence-electron chi connectivity index (χ1n) is 11.0. The van der Waals surface area contributed by atoms with Crippen LogP contribution in [-0.4, -0.2) is 22.1 Å². The maximum absolute atomic E-state index is 12.6. The van der Waals surface area contributed by atoms with Crippen LogP contribution in [0.5, 0.6) is 0 Å². The van der Waals surface area contributed by atoms with Crippen molar-refractivity contribution in [1.82, 2.24) is 9.88 Å². The summed E-state index contributed by atoms with van der Waals surface area (Å²) in [6.07, 6.45) is 5.66. The van der Waals surface area contributed by atoms with E-state index in [1.165, 1.54) is 5.56 Å². The molecule has 2 heterocycles. The van der Waals surface area contributed by atoms with Crippen molar-refractivity contribution in [2.45, 2.75) is 11.8 Å². The maximum atomic E-state index is 12.6. The van der Waals surface area contributed by atoms with Crippen molar-refractivity contribution >= 4 is 35.3 Å². The maximum Gasteiger partial charge on any atom is 0.255 e. The zero-order valence-electron chi connectivity index (χ0n) is 18.3. The monoisotopic (exact) mass is 465 g/mol. The lowest BCUT2D eigenvalue weighted by Gasteiger charge is -2.14. The number of hydrogen-bond donors (Lipinski definition) is 2. The molecule has 6 heteroatoms. The topological polar surface area (TPSA) is 63.1 Å². The Morgan fingerprint density at radius 1 is 0.941 bits per heavy atom. The van der Waals surface area contributed by atoms with Gasteiger partial charge in [0.05, 0.1) is 5.37 Å². The van der Waals surface area contributed by atoms with Gasteiger partial charge in [0.15, 0.2) is 0 Å². The first-order valence-corrected chi connectivity index (χ1v) is 11.9. The molecule has 5 nitrogen and oxygen atoms in total. The summed E-state index contributed by atoms with van der Waals surface area (Å²) in [4.78, 5) is 23.5. The van der Waals surface area contributed by atoms with Crippen LogP contribution < -0.4 is 10.6 Å². The standard InChI is InChI=1S/C28H23N3O2S/c32-18-21-5-3-20(4-6-21)17-27-30-26(19-34-27)22-7-11-24(12-8-22)29-28(33)23-9-13-25(14-10-23)31-15-1-2-16-31/h1-16,18-19,27,30H,17H2,(H,29,33). The molecule has 2 N–H and O–H groups in total. The number of aromatic nitrogens is 1. The fourth-order valence-electron chi connectivity index (χ4n) is 3.82. The van der Waals surface area contributed by atoms with E-state index in [-0.39, 0.29) is 11.3 Å². The van der Waals surface area contributed by atoms with Crippen LogP contribution in [0, 0.1) is 0 Å². The van der Waals surface area contributed by atoms with Crippen LogP contribution in [0.25, 0.3) is 11.4 Å². The van der Waals surface area contributed by atoms with Gasteiger partial charge < -0.3 is 15.2 Å². The number of carbonyl (C=O) groups is 2. The van der Waals surface area contributed by atoms with E-state index in [2.05, 4.69) is 16.0 Å². The fraction of sp³-hybridized carbons (Fsp3) is 0.0714. The fourth-order valence-corrected chi connectivity index (χ4v) is 4.80. The zero-order chi connectivity index (χ0) is 23.3. The van der Waals surface area contributed by atoms with Gasteiger partial charge in [0.1, 0.15) is 6.29 Å². The summed E-state index contributed by atoms with van der Waals surface area (Å²) < 4.78 is 2.00. The summed E-state index contributed by atoms with van der Waals surface area (Å²) in [6, 6.07) is 27.0. The molecule has 1 aromatic heterocycles. The van der Waals surface area contributed by atoms with Gasteiger partial charge in [-0.2, -0.15) is 0 Å². The molecular weight excluding hydrogens is 442 g/mol. The third kappa shape index (κ3) is 4.97. The first-order chi connectivity index (χ1) is 16.7. The van der Waals surface area contributed by atoms with Crippen LogP contribution in [0.1, 0.15) is 31.8 Å². The largest absolute Gasteiger partial charge is 0.372 e. The molecule has 0 radical (unpaired) electrons. The van der Waals surface area contributed by atoms with Crippen LogP contribution in [0.15, 0.2) is 103 Å². The second-order valence-electron chi connectivity index (χ2n) is 8.03. The molecule has 1 unspecified atom stereocenters. The summed E-state index contributed by atoms with van der Waals surface area (Å²) >= 11 is 1.75. The highest BCUT2D eigenvalue weighted by Gasteiger charge is 2.18. The molecule has 0 bridgehead atoms. The van der Waals surface area contributed by atoms with Crippen LogP contribution in [0.2, 0.25) is 0 Å². The first kappa shape index (κ1) is 21.8.